The van der Waals surface area contributed by atoms with Gasteiger partial charge in [-0.15, -0.1) is 0 Å². The van der Waals surface area contributed by atoms with Gasteiger partial charge in [-0.2, -0.15) is 0 Å². The fourth-order valence-electron chi connectivity index (χ4n) is 9.21. The maximum atomic E-state index is 2.46. The van der Waals surface area contributed by atoms with Gasteiger partial charge < -0.3 is 13.7 Å². The van der Waals surface area contributed by atoms with E-state index in [-0.39, 0.29) is 0 Å². The van der Waals surface area contributed by atoms with Crippen LogP contribution in [0.25, 0.3) is 104 Å². The number of nitrogens with zero attached hydrogens (tertiary/aromatic N) is 3. The average Bonchev–Trinajstić information content (AvgIpc) is 3.88. The number of aromatic nitrogens is 3. The van der Waals surface area contributed by atoms with Gasteiger partial charge in [0.15, 0.2) is 0 Å². The summed E-state index contributed by atoms with van der Waals surface area (Å²) in [6.45, 7) is 0. The van der Waals surface area contributed by atoms with Crippen LogP contribution in [0.15, 0.2) is 200 Å². The van der Waals surface area contributed by atoms with Crippen LogP contribution in [0.4, 0.5) is 0 Å². The predicted octanol–water partition coefficient (Wildman–Crippen LogP) is 13.8. The molecule has 0 radical (unpaired) electrons. The minimum atomic E-state index is 1.14. The first kappa shape index (κ1) is 30.1. The van der Waals surface area contributed by atoms with E-state index in [2.05, 4.69) is 214 Å². The van der Waals surface area contributed by atoms with Gasteiger partial charge in [0, 0.05) is 49.4 Å². The molecular formula is C52H33N3. The first-order valence-corrected chi connectivity index (χ1v) is 18.9. The summed E-state index contributed by atoms with van der Waals surface area (Å²) in [7, 11) is 0. The van der Waals surface area contributed by atoms with Crippen LogP contribution in [0.2, 0.25) is 0 Å². The third-order valence-corrected chi connectivity index (χ3v) is 11.6. The van der Waals surface area contributed by atoms with Crippen molar-refractivity contribution in [3.8, 4) is 28.2 Å². The van der Waals surface area contributed by atoms with Crippen molar-refractivity contribution in [2.45, 2.75) is 0 Å². The third-order valence-electron chi connectivity index (χ3n) is 11.6. The van der Waals surface area contributed by atoms with Gasteiger partial charge in [0.05, 0.1) is 33.1 Å². The van der Waals surface area contributed by atoms with Gasteiger partial charge >= 0.3 is 0 Å². The molecule has 0 atom stereocenters. The monoisotopic (exact) mass is 699 g/mol. The highest BCUT2D eigenvalue weighted by molar-refractivity contribution is 6.25. The normalized spacial score (nSPS) is 12.0. The van der Waals surface area contributed by atoms with Crippen LogP contribution in [0, 0.1) is 0 Å². The Hall–Kier alpha value is -7.36. The van der Waals surface area contributed by atoms with Gasteiger partial charge in [-0.05, 0) is 94.7 Å². The molecule has 3 heterocycles. The number of rotatable bonds is 4. The minimum Gasteiger partial charge on any atom is -0.309 e. The molecule has 3 aromatic heterocycles. The summed E-state index contributed by atoms with van der Waals surface area (Å²) in [5.41, 5.74) is 13.1. The molecule has 0 aliphatic rings. The Bertz CT molecular complexity index is 3470. The van der Waals surface area contributed by atoms with Crippen molar-refractivity contribution in [1.29, 1.82) is 0 Å². The average molecular weight is 700 g/mol. The Kier molecular flexibility index (Phi) is 6.34. The highest BCUT2D eigenvalue weighted by Gasteiger charge is 2.20. The number of fused-ring (bicyclic) bond motifs is 11. The molecule has 0 aliphatic heterocycles. The second-order valence-corrected chi connectivity index (χ2v) is 14.6. The van der Waals surface area contributed by atoms with Gasteiger partial charge in [0.25, 0.3) is 0 Å². The van der Waals surface area contributed by atoms with E-state index in [0.717, 1.165) is 17.1 Å². The number of hydrogen-bond donors (Lipinski definition) is 0. The van der Waals surface area contributed by atoms with Gasteiger partial charge in [0.2, 0.25) is 0 Å². The van der Waals surface area contributed by atoms with Crippen molar-refractivity contribution in [1.82, 2.24) is 13.7 Å². The number of hydrogen-bond acceptors (Lipinski definition) is 0. The first-order valence-electron chi connectivity index (χ1n) is 18.9. The largest absolute Gasteiger partial charge is 0.309 e. The van der Waals surface area contributed by atoms with Gasteiger partial charge in [-0.1, -0.05) is 127 Å². The standard InChI is InChI=1S/C52H33N3/c1-3-16-37(17-4-1)53-46-24-11-9-22-41(46)43-28-26-36(31-49(43)53)35-15-13-20-39(30-35)55-47-25-12-10-23-42(47)44-32-45-51(33-50(44)55)54(38-18-5-2-6-19-38)48-29-27-34-14-7-8-21-40(34)52(45)48/h1-33H. The van der Waals surface area contributed by atoms with Gasteiger partial charge in [-0.3, -0.25) is 0 Å². The van der Waals surface area contributed by atoms with E-state index in [1.54, 1.807) is 0 Å². The molecule has 0 saturated carbocycles. The molecule has 0 aliphatic carbocycles. The highest BCUT2D eigenvalue weighted by atomic mass is 15.0. The van der Waals surface area contributed by atoms with Gasteiger partial charge in [0.1, 0.15) is 0 Å². The van der Waals surface area contributed by atoms with Crippen LogP contribution in [0.1, 0.15) is 0 Å². The molecule has 0 bridgehead atoms. The summed E-state index contributed by atoms with van der Waals surface area (Å²) < 4.78 is 7.29. The Morgan fingerprint density at radius 1 is 0.236 bits per heavy atom. The van der Waals surface area contributed by atoms with E-state index in [0.29, 0.717) is 0 Å². The van der Waals surface area contributed by atoms with E-state index in [1.165, 1.54) is 87.3 Å². The zero-order chi connectivity index (χ0) is 36.0. The predicted molar refractivity (Wildman–Crippen MR) is 232 cm³/mol. The van der Waals surface area contributed by atoms with E-state index in [9.17, 15) is 0 Å². The Labute approximate surface area is 317 Å². The quantitative estimate of drug-likeness (QED) is 0.174. The van der Waals surface area contributed by atoms with Crippen molar-refractivity contribution in [3.63, 3.8) is 0 Å². The molecular weight excluding hydrogens is 667 g/mol. The van der Waals surface area contributed by atoms with Crippen molar-refractivity contribution in [2.75, 3.05) is 0 Å². The zero-order valence-corrected chi connectivity index (χ0v) is 29.9. The summed E-state index contributed by atoms with van der Waals surface area (Å²) in [5.74, 6) is 0. The number of benzene rings is 9. The van der Waals surface area contributed by atoms with E-state index in [1.807, 2.05) is 0 Å². The summed E-state index contributed by atoms with van der Waals surface area (Å²) in [5, 5.41) is 10.1. The molecule has 55 heavy (non-hydrogen) atoms. The molecule has 0 fully saturated rings. The Balaban J connectivity index is 1.12. The van der Waals surface area contributed by atoms with Crippen LogP contribution >= 0.6 is 0 Å². The smallest absolute Gasteiger partial charge is 0.0562 e. The van der Waals surface area contributed by atoms with Gasteiger partial charge in [-0.25, -0.2) is 0 Å². The van der Waals surface area contributed by atoms with Crippen LogP contribution in [0.3, 0.4) is 0 Å². The lowest BCUT2D eigenvalue weighted by molar-refractivity contribution is 1.16. The van der Waals surface area contributed by atoms with Crippen LogP contribution in [-0.4, -0.2) is 13.7 Å². The molecule has 0 spiro atoms. The highest BCUT2D eigenvalue weighted by Crippen LogP contribution is 2.42. The Morgan fingerprint density at radius 3 is 1.51 bits per heavy atom. The van der Waals surface area contributed by atoms with Crippen molar-refractivity contribution < 1.29 is 0 Å². The lowest BCUT2D eigenvalue weighted by Crippen LogP contribution is -1.96. The molecule has 0 amide bonds. The van der Waals surface area contributed by atoms with E-state index in [4.69, 9.17) is 0 Å². The molecule has 12 aromatic rings. The summed E-state index contributed by atoms with van der Waals surface area (Å²) in [6.07, 6.45) is 0. The van der Waals surface area contributed by atoms with E-state index < -0.39 is 0 Å². The fraction of sp³-hybridized carbons (Fsp3) is 0. The molecule has 0 saturated heterocycles. The minimum absolute atomic E-state index is 1.14. The van der Waals surface area contributed by atoms with E-state index >= 15 is 0 Å². The molecule has 3 nitrogen and oxygen atoms in total. The van der Waals surface area contributed by atoms with Crippen molar-refractivity contribution >= 4 is 76.2 Å². The van der Waals surface area contributed by atoms with Crippen molar-refractivity contribution in [3.05, 3.63) is 200 Å². The lowest BCUT2D eigenvalue weighted by atomic mass is 10.0. The lowest BCUT2D eigenvalue weighted by Gasteiger charge is -2.12. The fourth-order valence-corrected chi connectivity index (χ4v) is 9.21. The molecule has 0 N–H and O–H groups in total. The number of para-hydroxylation sites is 4. The molecule has 3 heteroatoms. The summed E-state index contributed by atoms with van der Waals surface area (Å²) in [4.78, 5) is 0. The summed E-state index contributed by atoms with van der Waals surface area (Å²) in [6, 6.07) is 73.2. The first-order chi connectivity index (χ1) is 27.3. The SMILES string of the molecule is c1ccc(-n2c3ccccc3c3ccc(-c4cccc(-n5c6ccccc6c6cc7c8c9ccccc9ccc8n(-c8ccccc8)c7cc65)c4)cc32)cc1. The third kappa shape index (κ3) is 4.38. The van der Waals surface area contributed by atoms with Crippen LogP contribution in [0.5, 0.6) is 0 Å². The second kappa shape index (κ2) is 11.6. The topological polar surface area (TPSA) is 14.8 Å². The zero-order valence-electron chi connectivity index (χ0n) is 29.9. The Morgan fingerprint density at radius 2 is 0.764 bits per heavy atom. The van der Waals surface area contributed by atoms with Crippen LogP contribution < -0.4 is 0 Å². The molecule has 256 valence electrons. The second-order valence-electron chi connectivity index (χ2n) is 14.6. The maximum Gasteiger partial charge on any atom is 0.0562 e. The maximum absolute atomic E-state index is 2.46. The van der Waals surface area contributed by atoms with Crippen LogP contribution in [-0.2, 0) is 0 Å². The van der Waals surface area contributed by atoms with Crippen molar-refractivity contribution in [2.24, 2.45) is 0 Å². The summed E-state index contributed by atoms with van der Waals surface area (Å²) >= 11 is 0. The molecule has 9 aromatic carbocycles. The molecule has 12 rings (SSSR count). The molecule has 0 unspecified atom stereocenters.